The summed E-state index contributed by atoms with van der Waals surface area (Å²) in [5.74, 6) is -0.549. The molecule has 4 nitrogen and oxygen atoms in total. The Kier molecular flexibility index (Phi) is 5.67. The van der Waals surface area contributed by atoms with Crippen LogP contribution in [-0.2, 0) is 9.59 Å². The van der Waals surface area contributed by atoms with Crippen LogP contribution in [0.4, 0.5) is 5.69 Å². The highest BCUT2D eigenvalue weighted by Crippen LogP contribution is 2.40. The first-order valence-electron chi connectivity index (χ1n) is 8.61. The van der Waals surface area contributed by atoms with E-state index in [2.05, 4.69) is 10.6 Å². The van der Waals surface area contributed by atoms with E-state index >= 15 is 0 Å². The van der Waals surface area contributed by atoms with Crippen LogP contribution in [0.3, 0.4) is 0 Å². The van der Waals surface area contributed by atoms with Crippen molar-refractivity contribution in [3.8, 4) is 0 Å². The van der Waals surface area contributed by atoms with Gasteiger partial charge in [0.2, 0.25) is 11.8 Å². The predicted molar refractivity (Wildman–Crippen MR) is 96.3 cm³/mol. The average Bonchev–Trinajstić information content (AvgIpc) is 3.35. The van der Waals surface area contributed by atoms with E-state index in [1.807, 2.05) is 0 Å². The number of hydrogen-bond acceptors (Lipinski definition) is 2. The van der Waals surface area contributed by atoms with E-state index in [1.54, 1.807) is 18.2 Å². The molecule has 2 aliphatic carbocycles. The lowest BCUT2D eigenvalue weighted by molar-refractivity contribution is -0.125. The van der Waals surface area contributed by atoms with Gasteiger partial charge in [0, 0.05) is 11.7 Å². The minimum atomic E-state index is -0.245. The first-order chi connectivity index (χ1) is 11.5. The normalized spacial score (nSPS) is 24.1. The summed E-state index contributed by atoms with van der Waals surface area (Å²) in [4.78, 5) is 24.6. The molecule has 3 rings (SSSR count). The number of anilines is 1. The number of halogens is 2. The van der Waals surface area contributed by atoms with Gasteiger partial charge in [-0.2, -0.15) is 0 Å². The van der Waals surface area contributed by atoms with E-state index in [9.17, 15) is 9.59 Å². The molecule has 0 aromatic heterocycles. The van der Waals surface area contributed by atoms with E-state index in [1.165, 1.54) is 25.7 Å². The molecule has 0 bridgehead atoms. The zero-order valence-electron chi connectivity index (χ0n) is 13.5. The number of carbonyl (C=O) groups excluding carboxylic acids is 2. The van der Waals surface area contributed by atoms with Crippen LogP contribution in [0.15, 0.2) is 18.2 Å². The summed E-state index contributed by atoms with van der Waals surface area (Å²) in [6, 6.07) is 5.24. The van der Waals surface area contributed by atoms with Crippen LogP contribution >= 0.6 is 23.2 Å². The minimum absolute atomic E-state index is 0.0242. The Hall–Kier alpha value is -1.26. The topological polar surface area (TPSA) is 58.2 Å². The van der Waals surface area contributed by atoms with Crippen molar-refractivity contribution in [3.63, 3.8) is 0 Å². The summed E-state index contributed by atoms with van der Waals surface area (Å²) < 4.78 is 0. The zero-order chi connectivity index (χ0) is 17.1. The summed E-state index contributed by atoms with van der Waals surface area (Å²) in [6.07, 6.45) is 7.59. The van der Waals surface area contributed by atoms with Crippen molar-refractivity contribution in [3.05, 3.63) is 28.2 Å². The largest absolute Gasteiger partial charge is 0.353 e. The fourth-order valence-electron chi connectivity index (χ4n) is 3.32. The summed E-state index contributed by atoms with van der Waals surface area (Å²) in [5.41, 5.74) is 0.601. The van der Waals surface area contributed by atoms with Crippen LogP contribution in [0.5, 0.6) is 0 Å². The van der Waals surface area contributed by atoms with Crippen molar-refractivity contribution < 1.29 is 9.59 Å². The van der Waals surface area contributed by atoms with E-state index in [-0.39, 0.29) is 29.7 Å². The van der Waals surface area contributed by atoms with Crippen LogP contribution in [0.25, 0.3) is 0 Å². The maximum Gasteiger partial charge on any atom is 0.228 e. The highest BCUT2D eigenvalue weighted by atomic mass is 35.5. The monoisotopic (exact) mass is 368 g/mol. The second-order valence-corrected chi connectivity index (χ2v) is 7.58. The van der Waals surface area contributed by atoms with Crippen LogP contribution in [0.2, 0.25) is 10.0 Å². The average molecular weight is 369 g/mol. The Balaban J connectivity index is 1.49. The second kappa shape index (κ2) is 7.75. The van der Waals surface area contributed by atoms with Crippen molar-refractivity contribution in [2.75, 3.05) is 5.32 Å². The molecule has 0 spiro atoms. The number of carbonyl (C=O) groups is 2. The SMILES string of the molecule is O=C(Nc1ccc(Cl)c(Cl)c1)C1CC1C(=O)NC1CCCCCC1. The molecule has 0 aliphatic heterocycles. The second-order valence-electron chi connectivity index (χ2n) is 6.76. The Morgan fingerprint density at radius 3 is 2.25 bits per heavy atom. The van der Waals surface area contributed by atoms with Gasteiger partial charge in [-0.05, 0) is 37.5 Å². The molecule has 1 aromatic carbocycles. The first-order valence-corrected chi connectivity index (χ1v) is 9.36. The fourth-order valence-corrected chi connectivity index (χ4v) is 3.61. The molecule has 24 heavy (non-hydrogen) atoms. The molecule has 130 valence electrons. The summed E-state index contributed by atoms with van der Waals surface area (Å²) >= 11 is 11.8. The van der Waals surface area contributed by atoms with Crippen LogP contribution < -0.4 is 10.6 Å². The first kappa shape index (κ1) is 17.6. The Labute approximate surface area is 152 Å². The minimum Gasteiger partial charge on any atom is -0.353 e. The number of amides is 2. The van der Waals surface area contributed by atoms with Gasteiger partial charge in [-0.3, -0.25) is 9.59 Å². The van der Waals surface area contributed by atoms with E-state index < -0.39 is 0 Å². The Bertz CT molecular complexity index is 627. The smallest absolute Gasteiger partial charge is 0.228 e. The predicted octanol–water partition coefficient (Wildman–Crippen LogP) is 4.41. The molecule has 0 heterocycles. The quantitative estimate of drug-likeness (QED) is 0.773. The van der Waals surface area contributed by atoms with Crippen LogP contribution in [-0.4, -0.2) is 17.9 Å². The Morgan fingerprint density at radius 1 is 0.917 bits per heavy atom. The van der Waals surface area contributed by atoms with Gasteiger partial charge >= 0.3 is 0 Å². The highest BCUT2D eigenvalue weighted by molar-refractivity contribution is 6.42. The van der Waals surface area contributed by atoms with Gasteiger partial charge in [0.15, 0.2) is 0 Å². The molecule has 2 amide bonds. The number of benzene rings is 1. The molecule has 2 unspecified atom stereocenters. The van der Waals surface area contributed by atoms with Gasteiger partial charge in [0.05, 0.1) is 21.9 Å². The lowest BCUT2D eigenvalue weighted by atomic mass is 10.1. The van der Waals surface area contributed by atoms with Crippen molar-refractivity contribution in [1.29, 1.82) is 0 Å². The number of rotatable bonds is 4. The highest BCUT2D eigenvalue weighted by Gasteiger charge is 2.48. The molecule has 2 fully saturated rings. The number of hydrogen-bond donors (Lipinski definition) is 2. The molecule has 2 atom stereocenters. The Morgan fingerprint density at radius 2 is 1.58 bits per heavy atom. The molecule has 2 N–H and O–H groups in total. The van der Waals surface area contributed by atoms with Crippen molar-refractivity contribution in [2.45, 2.75) is 51.0 Å². The van der Waals surface area contributed by atoms with E-state index in [0.717, 1.165) is 12.8 Å². The third kappa shape index (κ3) is 4.42. The molecule has 2 aliphatic rings. The third-order valence-electron chi connectivity index (χ3n) is 4.85. The summed E-state index contributed by atoms with van der Waals surface area (Å²) in [6.45, 7) is 0. The van der Waals surface area contributed by atoms with Crippen molar-refractivity contribution in [2.24, 2.45) is 11.8 Å². The molecule has 2 saturated carbocycles. The van der Waals surface area contributed by atoms with Crippen molar-refractivity contribution >= 4 is 40.7 Å². The zero-order valence-corrected chi connectivity index (χ0v) is 15.0. The molecule has 1 aromatic rings. The standard InChI is InChI=1S/C18H22Cl2N2O2/c19-15-8-7-12(9-16(15)20)22-18(24)14-10-13(14)17(23)21-11-5-3-1-2-4-6-11/h7-9,11,13-14H,1-6,10H2,(H,21,23)(H,22,24). The molecular formula is C18H22Cl2N2O2. The lowest BCUT2D eigenvalue weighted by Gasteiger charge is -2.16. The molecule has 0 saturated heterocycles. The third-order valence-corrected chi connectivity index (χ3v) is 5.59. The van der Waals surface area contributed by atoms with Gasteiger partial charge in [0.25, 0.3) is 0 Å². The van der Waals surface area contributed by atoms with E-state index in [0.29, 0.717) is 22.2 Å². The number of nitrogens with one attached hydrogen (secondary N) is 2. The summed E-state index contributed by atoms with van der Waals surface area (Å²) in [7, 11) is 0. The van der Waals surface area contributed by atoms with Gasteiger partial charge in [-0.25, -0.2) is 0 Å². The van der Waals surface area contributed by atoms with E-state index in [4.69, 9.17) is 23.2 Å². The molecule has 0 radical (unpaired) electrons. The van der Waals surface area contributed by atoms with Gasteiger partial charge in [0.1, 0.15) is 0 Å². The maximum atomic E-state index is 12.3. The fraction of sp³-hybridized carbons (Fsp3) is 0.556. The van der Waals surface area contributed by atoms with Gasteiger partial charge < -0.3 is 10.6 Å². The molecule has 6 heteroatoms. The lowest BCUT2D eigenvalue weighted by Crippen LogP contribution is -2.36. The van der Waals surface area contributed by atoms with Crippen molar-refractivity contribution in [1.82, 2.24) is 5.32 Å². The van der Waals surface area contributed by atoms with Gasteiger partial charge in [-0.15, -0.1) is 0 Å². The summed E-state index contributed by atoms with van der Waals surface area (Å²) in [5, 5.41) is 6.78. The maximum absolute atomic E-state index is 12.3. The van der Waals surface area contributed by atoms with Crippen LogP contribution in [0.1, 0.15) is 44.9 Å². The molecular weight excluding hydrogens is 347 g/mol. The van der Waals surface area contributed by atoms with Gasteiger partial charge in [-0.1, -0.05) is 48.9 Å². The van der Waals surface area contributed by atoms with Crippen LogP contribution in [0, 0.1) is 11.8 Å².